The van der Waals surface area contributed by atoms with E-state index in [1.165, 1.54) is 37.7 Å². The van der Waals surface area contributed by atoms with Crippen molar-refractivity contribution in [2.45, 2.75) is 63.1 Å². The van der Waals surface area contributed by atoms with Crippen LogP contribution in [-0.2, 0) is 11.2 Å². The number of benzene rings is 1. The van der Waals surface area contributed by atoms with Crippen molar-refractivity contribution in [2.24, 2.45) is 5.73 Å². The van der Waals surface area contributed by atoms with E-state index in [9.17, 15) is 0 Å². The molecule has 1 saturated heterocycles. The Morgan fingerprint density at radius 2 is 1.90 bits per heavy atom. The molecule has 1 saturated carbocycles. The molecule has 2 fully saturated rings. The maximum Gasteiger partial charge on any atom is 0.119 e. The van der Waals surface area contributed by atoms with Gasteiger partial charge in [-0.05, 0) is 43.5 Å². The van der Waals surface area contributed by atoms with Crippen molar-refractivity contribution in [1.29, 1.82) is 0 Å². The lowest BCUT2D eigenvalue weighted by Crippen LogP contribution is -2.45. The zero-order valence-electron chi connectivity index (χ0n) is 12.9. The first-order valence-corrected chi connectivity index (χ1v) is 8.39. The van der Waals surface area contributed by atoms with Crippen LogP contribution in [0.2, 0.25) is 0 Å². The number of ether oxygens (including phenoxy) is 2. The molecule has 1 atom stereocenters. The highest BCUT2D eigenvalue weighted by molar-refractivity contribution is 5.27. The van der Waals surface area contributed by atoms with Crippen LogP contribution in [0, 0.1) is 0 Å². The van der Waals surface area contributed by atoms with Crippen molar-refractivity contribution in [3.05, 3.63) is 29.8 Å². The van der Waals surface area contributed by atoms with Crippen LogP contribution in [0.4, 0.5) is 0 Å². The van der Waals surface area contributed by atoms with Crippen LogP contribution in [0.5, 0.6) is 5.75 Å². The van der Waals surface area contributed by atoms with Crippen LogP contribution in [0.3, 0.4) is 0 Å². The molecular weight excluding hydrogens is 262 g/mol. The van der Waals surface area contributed by atoms with Gasteiger partial charge in [-0.1, -0.05) is 31.4 Å². The smallest absolute Gasteiger partial charge is 0.119 e. The molecule has 3 rings (SSSR count). The summed E-state index contributed by atoms with van der Waals surface area (Å²) in [6.45, 7) is 1.54. The molecule has 1 unspecified atom stereocenters. The zero-order valence-corrected chi connectivity index (χ0v) is 12.9. The molecule has 21 heavy (non-hydrogen) atoms. The fourth-order valence-electron chi connectivity index (χ4n) is 3.72. The Balaban J connectivity index is 1.59. The SMILES string of the molecule is NCCc1ccc(OC2CCOC3(CCCCC3)C2)cc1. The second kappa shape index (κ2) is 6.80. The molecule has 2 aliphatic rings. The Bertz CT molecular complexity index is 432. The lowest BCUT2D eigenvalue weighted by Gasteiger charge is -2.43. The van der Waals surface area contributed by atoms with Crippen LogP contribution in [0.25, 0.3) is 0 Å². The highest BCUT2D eigenvalue weighted by Crippen LogP contribution is 2.39. The molecule has 0 aromatic heterocycles. The van der Waals surface area contributed by atoms with Crippen molar-refractivity contribution < 1.29 is 9.47 Å². The molecule has 1 spiro atoms. The normalized spacial score (nSPS) is 24.9. The molecule has 0 bridgehead atoms. The molecule has 0 amide bonds. The molecule has 1 heterocycles. The third-order valence-electron chi connectivity index (χ3n) is 4.87. The van der Waals surface area contributed by atoms with E-state index in [0.717, 1.165) is 31.6 Å². The summed E-state index contributed by atoms with van der Waals surface area (Å²) in [6, 6.07) is 8.40. The zero-order chi connectivity index (χ0) is 14.5. The maximum atomic E-state index is 6.20. The maximum absolute atomic E-state index is 6.20. The van der Waals surface area contributed by atoms with Crippen molar-refractivity contribution in [1.82, 2.24) is 0 Å². The van der Waals surface area contributed by atoms with Crippen molar-refractivity contribution in [3.8, 4) is 5.75 Å². The third kappa shape index (κ3) is 3.78. The quantitative estimate of drug-likeness (QED) is 0.923. The lowest BCUT2D eigenvalue weighted by atomic mass is 9.79. The Morgan fingerprint density at radius 1 is 1.14 bits per heavy atom. The van der Waals surface area contributed by atoms with E-state index in [4.69, 9.17) is 15.2 Å². The van der Waals surface area contributed by atoms with Gasteiger partial charge < -0.3 is 15.2 Å². The monoisotopic (exact) mass is 289 g/mol. The van der Waals surface area contributed by atoms with E-state index in [1.54, 1.807) is 0 Å². The molecule has 1 aliphatic carbocycles. The van der Waals surface area contributed by atoms with Gasteiger partial charge in [0.15, 0.2) is 0 Å². The predicted molar refractivity (Wildman–Crippen MR) is 84.6 cm³/mol. The number of nitrogens with two attached hydrogens (primary N) is 1. The van der Waals surface area contributed by atoms with E-state index < -0.39 is 0 Å². The minimum atomic E-state index is 0.112. The van der Waals surface area contributed by atoms with Gasteiger partial charge in [-0.25, -0.2) is 0 Å². The Morgan fingerprint density at radius 3 is 2.62 bits per heavy atom. The van der Waals surface area contributed by atoms with Crippen LogP contribution in [0.15, 0.2) is 24.3 Å². The standard InChI is InChI=1S/C18H27NO2/c19-12-8-15-4-6-16(7-5-15)21-17-9-13-20-18(14-17)10-2-1-3-11-18/h4-7,17H,1-3,8-14,19H2. The van der Waals surface area contributed by atoms with Crippen LogP contribution in [-0.4, -0.2) is 24.9 Å². The molecule has 2 N–H and O–H groups in total. The van der Waals surface area contributed by atoms with E-state index >= 15 is 0 Å². The fraction of sp³-hybridized carbons (Fsp3) is 0.667. The molecular formula is C18H27NO2. The van der Waals surface area contributed by atoms with Gasteiger partial charge in [-0.3, -0.25) is 0 Å². The van der Waals surface area contributed by atoms with Gasteiger partial charge in [0.05, 0.1) is 12.2 Å². The van der Waals surface area contributed by atoms with Crippen LogP contribution < -0.4 is 10.5 Å². The van der Waals surface area contributed by atoms with Gasteiger partial charge in [0.25, 0.3) is 0 Å². The van der Waals surface area contributed by atoms with E-state index in [2.05, 4.69) is 24.3 Å². The molecule has 0 radical (unpaired) electrons. The van der Waals surface area contributed by atoms with Gasteiger partial charge >= 0.3 is 0 Å². The fourth-order valence-corrected chi connectivity index (χ4v) is 3.72. The third-order valence-corrected chi connectivity index (χ3v) is 4.87. The topological polar surface area (TPSA) is 44.5 Å². The first-order chi connectivity index (χ1) is 10.3. The Labute approximate surface area is 127 Å². The van der Waals surface area contributed by atoms with Crippen LogP contribution >= 0.6 is 0 Å². The highest BCUT2D eigenvalue weighted by Gasteiger charge is 2.39. The summed E-state index contributed by atoms with van der Waals surface area (Å²) in [7, 11) is 0. The number of hydrogen-bond acceptors (Lipinski definition) is 3. The average molecular weight is 289 g/mol. The van der Waals surface area contributed by atoms with Crippen molar-refractivity contribution >= 4 is 0 Å². The second-order valence-electron chi connectivity index (χ2n) is 6.51. The summed E-state index contributed by atoms with van der Waals surface area (Å²) in [6.07, 6.45) is 9.69. The van der Waals surface area contributed by atoms with Crippen molar-refractivity contribution in [3.63, 3.8) is 0 Å². The number of hydrogen-bond donors (Lipinski definition) is 1. The van der Waals surface area contributed by atoms with Gasteiger partial charge in [-0.15, -0.1) is 0 Å². The summed E-state index contributed by atoms with van der Waals surface area (Å²) in [4.78, 5) is 0. The Kier molecular flexibility index (Phi) is 4.81. The van der Waals surface area contributed by atoms with Crippen LogP contribution in [0.1, 0.15) is 50.5 Å². The van der Waals surface area contributed by atoms with Gasteiger partial charge in [0.1, 0.15) is 11.9 Å². The Hall–Kier alpha value is -1.06. The van der Waals surface area contributed by atoms with Crippen molar-refractivity contribution in [2.75, 3.05) is 13.2 Å². The van der Waals surface area contributed by atoms with Gasteiger partial charge in [0, 0.05) is 12.8 Å². The molecule has 1 aromatic carbocycles. The molecule has 116 valence electrons. The largest absolute Gasteiger partial charge is 0.490 e. The summed E-state index contributed by atoms with van der Waals surface area (Å²) >= 11 is 0. The summed E-state index contributed by atoms with van der Waals surface area (Å²) in [5, 5.41) is 0. The second-order valence-corrected chi connectivity index (χ2v) is 6.51. The van der Waals surface area contributed by atoms with E-state index in [1.807, 2.05) is 0 Å². The first-order valence-electron chi connectivity index (χ1n) is 8.39. The van der Waals surface area contributed by atoms with Gasteiger partial charge in [0.2, 0.25) is 0 Å². The molecule has 3 heteroatoms. The molecule has 1 aliphatic heterocycles. The first kappa shape index (κ1) is 14.9. The van der Waals surface area contributed by atoms with Gasteiger partial charge in [-0.2, -0.15) is 0 Å². The molecule has 1 aromatic rings. The predicted octanol–water partition coefficient (Wildman–Crippen LogP) is 3.45. The van der Waals surface area contributed by atoms with E-state index in [0.29, 0.717) is 12.6 Å². The highest BCUT2D eigenvalue weighted by atomic mass is 16.5. The lowest BCUT2D eigenvalue weighted by molar-refractivity contribution is -0.129. The number of rotatable bonds is 4. The minimum absolute atomic E-state index is 0.112. The summed E-state index contributed by atoms with van der Waals surface area (Å²) in [5.74, 6) is 0.980. The summed E-state index contributed by atoms with van der Waals surface area (Å²) in [5.41, 5.74) is 6.97. The average Bonchev–Trinajstić information content (AvgIpc) is 2.50. The summed E-state index contributed by atoms with van der Waals surface area (Å²) < 4.78 is 12.3. The van der Waals surface area contributed by atoms with E-state index in [-0.39, 0.29) is 5.60 Å². The molecule has 3 nitrogen and oxygen atoms in total. The minimum Gasteiger partial charge on any atom is -0.490 e.